The number of benzene rings is 1. The molecule has 3 rings (SSSR count). The molecular formula is C23H33NO5. The van der Waals surface area contributed by atoms with Gasteiger partial charge in [0.05, 0.1) is 12.2 Å². The number of hydrogen-bond acceptors (Lipinski definition) is 4. The van der Waals surface area contributed by atoms with Crippen molar-refractivity contribution >= 4 is 12.1 Å². The highest BCUT2D eigenvalue weighted by molar-refractivity contribution is 5.67. The van der Waals surface area contributed by atoms with Gasteiger partial charge in [0.2, 0.25) is 0 Å². The molecule has 1 aromatic rings. The van der Waals surface area contributed by atoms with Crippen LogP contribution in [0.4, 0.5) is 4.79 Å². The van der Waals surface area contributed by atoms with Gasteiger partial charge in [-0.05, 0) is 44.1 Å². The first-order valence-electron chi connectivity index (χ1n) is 10.9. The lowest BCUT2D eigenvalue weighted by molar-refractivity contribution is -0.137. The Morgan fingerprint density at radius 3 is 2.62 bits per heavy atom. The van der Waals surface area contributed by atoms with E-state index in [1.54, 1.807) is 0 Å². The van der Waals surface area contributed by atoms with E-state index in [1.807, 2.05) is 37.3 Å². The van der Waals surface area contributed by atoms with Crippen LogP contribution >= 0.6 is 0 Å². The Morgan fingerprint density at radius 1 is 1.14 bits per heavy atom. The van der Waals surface area contributed by atoms with Gasteiger partial charge in [-0.25, -0.2) is 4.79 Å². The van der Waals surface area contributed by atoms with Crippen molar-refractivity contribution in [2.24, 2.45) is 11.8 Å². The molecule has 0 aromatic heterocycles. The number of carbonyl (C=O) groups excluding carboxylic acids is 1. The molecule has 160 valence electrons. The van der Waals surface area contributed by atoms with Gasteiger partial charge in [0.15, 0.2) is 0 Å². The quantitative estimate of drug-likeness (QED) is 0.531. The van der Waals surface area contributed by atoms with E-state index >= 15 is 0 Å². The molecule has 6 nitrogen and oxygen atoms in total. The maximum atomic E-state index is 12.3. The van der Waals surface area contributed by atoms with Crippen LogP contribution in [0, 0.1) is 11.8 Å². The van der Waals surface area contributed by atoms with Crippen molar-refractivity contribution in [1.82, 2.24) is 5.32 Å². The summed E-state index contributed by atoms with van der Waals surface area (Å²) in [6.07, 6.45) is 7.16. The van der Waals surface area contributed by atoms with Crippen molar-refractivity contribution in [3.05, 3.63) is 35.9 Å². The number of amides is 1. The molecule has 5 unspecified atom stereocenters. The molecule has 2 heterocycles. The normalized spacial score (nSPS) is 26.2. The van der Waals surface area contributed by atoms with Crippen molar-refractivity contribution in [2.75, 3.05) is 0 Å². The van der Waals surface area contributed by atoms with E-state index in [0.717, 1.165) is 50.5 Å². The van der Waals surface area contributed by atoms with Crippen molar-refractivity contribution in [1.29, 1.82) is 0 Å². The number of hydrogen-bond donors (Lipinski definition) is 2. The zero-order valence-corrected chi connectivity index (χ0v) is 17.2. The minimum absolute atomic E-state index is 0.182. The van der Waals surface area contributed by atoms with E-state index in [1.165, 1.54) is 0 Å². The van der Waals surface area contributed by atoms with Gasteiger partial charge >= 0.3 is 12.1 Å². The zero-order chi connectivity index (χ0) is 20.6. The highest BCUT2D eigenvalue weighted by atomic mass is 16.6. The highest BCUT2D eigenvalue weighted by Gasteiger charge is 2.51. The van der Waals surface area contributed by atoms with Crippen LogP contribution in [0.15, 0.2) is 30.3 Å². The fraction of sp³-hybridized carbons (Fsp3) is 0.652. The van der Waals surface area contributed by atoms with Gasteiger partial charge in [-0.2, -0.15) is 0 Å². The Labute approximate surface area is 173 Å². The molecule has 2 saturated heterocycles. The van der Waals surface area contributed by atoms with Gasteiger partial charge in [0, 0.05) is 18.9 Å². The summed E-state index contributed by atoms with van der Waals surface area (Å²) in [5.74, 6) is -0.0523. The van der Waals surface area contributed by atoms with Crippen LogP contribution in [0.5, 0.6) is 0 Å². The van der Waals surface area contributed by atoms with E-state index < -0.39 is 5.97 Å². The Hall–Kier alpha value is -2.08. The molecule has 2 fully saturated rings. The Bertz CT molecular complexity index is 664. The number of unbranched alkanes of at least 4 members (excludes halogenated alkanes) is 3. The number of ether oxygens (including phenoxy) is 2. The molecule has 6 heteroatoms. The maximum absolute atomic E-state index is 12.3. The number of fused-ring (bicyclic) bond motifs is 2. The summed E-state index contributed by atoms with van der Waals surface area (Å²) < 4.78 is 11.9. The number of aliphatic carboxylic acids is 1. The predicted octanol–water partition coefficient (Wildman–Crippen LogP) is 4.52. The average Bonchev–Trinajstić information content (AvgIpc) is 3.31. The molecule has 5 atom stereocenters. The minimum Gasteiger partial charge on any atom is -0.481 e. The molecule has 0 saturated carbocycles. The molecule has 1 amide bonds. The van der Waals surface area contributed by atoms with Crippen LogP contribution < -0.4 is 5.32 Å². The van der Waals surface area contributed by atoms with Crippen LogP contribution in [-0.4, -0.2) is 35.5 Å². The van der Waals surface area contributed by atoms with E-state index in [0.29, 0.717) is 12.5 Å². The molecule has 0 radical (unpaired) electrons. The predicted molar refractivity (Wildman–Crippen MR) is 109 cm³/mol. The highest BCUT2D eigenvalue weighted by Crippen LogP contribution is 2.47. The van der Waals surface area contributed by atoms with Gasteiger partial charge < -0.3 is 19.9 Å². The van der Waals surface area contributed by atoms with Crippen LogP contribution in [0.3, 0.4) is 0 Å². The SMILES string of the molecule is CC(OC(=O)NCc1ccccc1)C1C2CCC(O2)C1CCCCCCC(=O)O. The third-order valence-electron chi connectivity index (χ3n) is 6.28. The summed E-state index contributed by atoms with van der Waals surface area (Å²) in [5.41, 5.74) is 1.04. The maximum Gasteiger partial charge on any atom is 0.407 e. The van der Waals surface area contributed by atoms with Gasteiger partial charge in [0.25, 0.3) is 0 Å². The van der Waals surface area contributed by atoms with Crippen molar-refractivity contribution in [2.45, 2.75) is 83.1 Å². The summed E-state index contributed by atoms with van der Waals surface area (Å²) in [6, 6.07) is 9.79. The Balaban J connectivity index is 1.43. The lowest BCUT2D eigenvalue weighted by atomic mass is 9.74. The smallest absolute Gasteiger partial charge is 0.407 e. The number of carbonyl (C=O) groups is 2. The third-order valence-corrected chi connectivity index (χ3v) is 6.28. The first kappa shape index (κ1) is 21.6. The third kappa shape index (κ3) is 6.20. The lowest BCUT2D eigenvalue weighted by Gasteiger charge is -2.32. The second kappa shape index (κ2) is 10.6. The molecule has 0 aliphatic carbocycles. The van der Waals surface area contributed by atoms with Crippen molar-refractivity contribution in [3.8, 4) is 0 Å². The second-order valence-electron chi connectivity index (χ2n) is 8.33. The fourth-order valence-corrected chi connectivity index (χ4v) is 4.91. The largest absolute Gasteiger partial charge is 0.481 e. The van der Waals surface area contributed by atoms with Crippen molar-refractivity contribution in [3.63, 3.8) is 0 Å². The summed E-state index contributed by atoms with van der Waals surface area (Å²) in [5, 5.41) is 11.6. The van der Waals surface area contributed by atoms with Gasteiger partial charge in [-0.15, -0.1) is 0 Å². The average molecular weight is 404 g/mol. The van der Waals surface area contributed by atoms with Crippen LogP contribution in [0.2, 0.25) is 0 Å². The second-order valence-corrected chi connectivity index (χ2v) is 8.33. The molecule has 1 aromatic carbocycles. The molecular weight excluding hydrogens is 370 g/mol. The number of carboxylic acid groups (broad SMARTS) is 1. The summed E-state index contributed by atoms with van der Waals surface area (Å²) in [7, 11) is 0. The summed E-state index contributed by atoms with van der Waals surface area (Å²) in [6.45, 7) is 2.44. The summed E-state index contributed by atoms with van der Waals surface area (Å²) >= 11 is 0. The summed E-state index contributed by atoms with van der Waals surface area (Å²) in [4.78, 5) is 22.9. The number of alkyl carbamates (subject to hydrolysis) is 1. The number of carboxylic acids is 1. The van der Waals surface area contributed by atoms with E-state index in [4.69, 9.17) is 14.6 Å². The first-order chi connectivity index (χ1) is 14.0. The molecule has 29 heavy (non-hydrogen) atoms. The fourth-order valence-electron chi connectivity index (χ4n) is 4.91. The Morgan fingerprint density at radius 2 is 1.86 bits per heavy atom. The minimum atomic E-state index is -0.719. The lowest BCUT2D eigenvalue weighted by Crippen LogP contribution is -2.39. The van der Waals surface area contributed by atoms with E-state index in [2.05, 4.69) is 5.32 Å². The topological polar surface area (TPSA) is 84.9 Å². The number of nitrogens with one attached hydrogen (secondary N) is 1. The standard InChI is InChI=1S/C23H33NO5/c1-16(28-23(27)24-15-17-9-5-4-6-10-17)22-18(19-13-14-20(22)29-19)11-7-2-3-8-12-21(25)26/h4-6,9-10,16,18-20,22H,2-3,7-8,11-15H2,1H3,(H,24,27)(H,25,26). The van der Waals surface area contributed by atoms with E-state index in [-0.39, 0.29) is 36.7 Å². The molecule has 0 spiro atoms. The Kier molecular flexibility index (Phi) is 7.92. The van der Waals surface area contributed by atoms with Crippen LogP contribution in [0.25, 0.3) is 0 Å². The van der Waals surface area contributed by atoms with Gasteiger partial charge in [-0.3, -0.25) is 4.79 Å². The van der Waals surface area contributed by atoms with E-state index in [9.17, 15) is 9.59 Å². The first-order valence-corrected chi connectivity index (χ1v) is 10.9. The molecule has 2 N–H and O–H groups in total. The zero-order valence-electron chi connectivity index (χ0n) is 17.2. The number of rotatable bonds is 11. The van der Waals surface area contributed by atoms with Crippen LogP contribution in [0.1, 0.15) is 63.9 Å². The molecule has 2 aliphatic rings. The van der Waals surface area contributed by atoms with Gasteiger partial charge in [0.1, 0.15) is 6.10 Å². The molecule has 2 aliphatic heterocycles. The monoisotopic (exact) mass is 403 g/mol. The molecule has 2 bridgehead atoms. The van der Waals surface area contributed by atoms with Gasteiger partial charge in [-0.1, -0.05) is 49.6 Å². The van der Waals surface area contributed by atoms with Crippen molar-refractivity contribution < 1.29 is 24.2 Å². The van der Waals surface area contributed by atoms with Crippen LogP contribution in [-0.2, 0) is 20.8 Å².